The predicted octanol–water partition coefficient (Wildman–Crippen LogP) is 5.73. The molecule has 146 valence electrons. The number of aromatic nitrogens is 2. The summed E-state index contributed by atoms with van der Waals surface area (Å²) >= 11 is 6.03. The average molecular weight is 393 g/mol. The first kappa shape index (κ1) is 20.7. The van der Waals surface area contributed by atoms with E-state index < -0.39 is 0 Å². The maximum absolute atomic E-state index is 6.03. The van der Waals surface area contributed by atoms with Gasteiger partial charge in [-0.1, -0.05) is 97.5 Å². The molecule has 0 aliphatic heterocycles. The van der Waals surface area contributed by atoms with Gasteiger partial charge in [-0.05, 0) is 31.9 Å². The molecule has 1 aromatic heterocycles. The van der Waals surface area contributed by atoms with Crippen molar-refractivity contribution in [1.82, 2.24) is 9.97 Å². The van der Waals surface area contributed by atoms with Crippen molar-refractivity contribution in [1.29, 1.82) is 0 Å². The standard InChI is InChI=1S/C14H14BCl.C10H16N2/c1-2-15(12-7-4-3-5-8-12)13-9-6-10-14(16)11-13;1-8-10(12-7-11-8)9-5-3-2-4-6-9/h3-11H,2H2,1H3;7,9H,2-6H2,1H3,(H,11,12). The molecule has 1 heterocycles. The zero-order chi connectivity index (χ0) is 19.8. The third-order valence-electron chi connectivity index (χ3n) is 5.72. The number of imidazole rings is 1. The largest absolute Gasteiger partial charge is 0.348 e. The van der Waals surface area contributed by atoms with Crippen molar-refractivity contribution in [2.24, 2.45) is 0 Å². The summed E-state index contributed by atoms with van der Waals surface area (Å²) < 4.78 is 0. The minimum atomic E-state index is 0.444. The van der Waals surface area contributed by atoms with E-state index in [0.29, 0.717) is 6.71 Å². The van der Waals surface area contributed by atoms with Crippen molar-refractivity contribution in [3.05, 3.63) is 77.3 Å². The molecule has 28 heavy (non-hydrogen) atoms. The fourth-order valence-electron chi connectivity index (χ4n) is 4.23. The number of hydrogen-bond acceptors (Lipinski definition) is 1. The lowest BCUT2D eigenvalue weighted by Gasteiger charge is -2.20. The van der Waals surface area contributed by atoms with Crippen LogP contribution in [0.5, 0.6) is 0 Å². The van der Waals surface area contributed by atoms with Crippen molar-refractivity contribution >= 4 is 29.2 Å². The van der Waals surface area contributed by atoms with Gasteiger partial charge in [0, 0.05) is 16.6 Å². The molecule has 0 saturated heterocycles. The van der Waals surface area contributed by atoms with Crippen molar-refractivity contribution in [2.75, 3.05) is 0 Å². The Morgan fingerprint density at radius 1 is 1.00 bits per heavy atom. The number of hydrogen-bond donors (Lipinski definition) is 1. The maximum Gasteiger partial charge on any atom is 0.209 e. The molecule has 3 aromatic rings. The number of benzene rings is 2. The predicted molar refractivity (Wildman–Crippen MR) is 123 cm³/mol. The molecule has 4 heteroatoms. The van der Waals surface area contributed by atoms with E-state index >= 15 is 0 Å². The minimum absolute atomic E-state index is 0.444. The van der Waals surface area contributed by atoms with Gasteiger partial charge in [-0.15, -0.1) is 0 Å². The molecule has 0 amide bonds. The van der Waals surface area contributed by atoms with Gasteiger partial charge >= 0.3 is 0 Å². The molecule has 1 aliphatic carbocycles. The number of aryl methyl sites for hydroxylation is 1. The molecule has 2 aromatic carbocycles. The fourth-order valence-corrected chi connectivity index (χ4v) is 4.43. The Labute approximate surface area is 174 Å². The molecule has 2 nitrogen and oxygen atoms in total. The quantitative estimate of drug-likeness (QED) is 0.564. The Bertz CT molecular complexity index is 841. The molecule has 0 radical (unpaired) electrons. The molecule has 0 spiro atoms. The summed E-state index contributed by atoms with van der Waals surface area (Å²) in [4.78, 5) is 7.54. The molecular weight excluding hydrogens is 363 g/mol. The lowest BCUT2D eigenvalue weighted by Crippen LogP contribution is -2.41. The van der Waals surface area contributed by atoms with Gasteiger partial charge in [0.15, 0.2) is 0 Å². The second kappa shape index (κ2) is 10.5. The monoisotopic (exact) mass is 392 g/mol. The van der Waals surface area contributed by atoms with Crippen LogP contribution in [0.25, 0.3) is 0 Å². The van der Waals surface area contributed by atoms with Gasteiger partial charge in [0.1, 0.15) is 0 Å². The van der Waals surface area contributed by atoms with Crippen molar-refractivity contribution in [3.63, 3.8) is 0 Å². The summed E-state index contributed by atoms with van der Waals surface area (Å²) in [6.45, 7) is 4.77. The van der Waals surface area contributed by atoms with Crippen LogP contribution in [0.2, 0.25) is 11.3 Å². The zero-order valence-electron chi connectivity index (χ0n) is 17.0. The van der Waals surface area contributed by atoms with Gasteiger partial charge in [0.2, 0.25) is 6.71 Å². The summed E-state index contributed by atoms with van der Waals surface area (Å²) in [7, 11) is 0. The van der Waals surface area contributed by atoms with Crippen LogP contribution in [0.3, 0.4) is 0 Å². The van der Waals surface area contributed by atoms with Crippen LogP contribution < -0.4 is 10.9 Å². The lowest BCUT2D eigenvalue weighted by molar-refractivity contribution is 0.436. The first-order valence-electron chi connectivity index (χ1n) is 10.5. The van der Waals surface area contributed by atoms with Crippen LogP contribution in [0.1, 0.15) is 56.3 Å². The first-order chi connectivity index (χ1) is 13.7. The second-order valence-electron chi connectivity index (χ2n) is 7.67. The third-order valence-corrected chi connectivity index (χ3v) is 5.96. The fraction of sp³-hybridized carbons (Fsp3) is 0.375. The molecule has 1 N–H and O–H groups in total. The Morgan fingerprint density at radius 3 is 2.32 bits per heavy atom. The van der Waals surface area contributed by atoms with E-state index in [9.17, 15) is 0 Å². The van der Waals surface area contributed by atoms with Crippen LogP contribution in [0, 0.1) is 6.92 Å². The Balaban J connectivity index is 0.000000167. The molecular formula is C24H30BClN2. The number of nitrogens with zero attached hydrogens (tertiary/aromatic N) is 1. The summed E-state index contributed by atoms with van der Waals surface area (Å²) in [5, 5.41) is 0.812. The summed E-state index contributed by atoms with van der Waals surface area (Å²) in [5.74, 6) is 0.741. The van der Waals surface area contributed by atoms with Gasteiger partial charge < -0.3 is 4.98 Å². The zero-order valence-corrected chi connectivity index (χ0v) is 17.8. The number of nitrogens with one attached hydrogen (secondary N) is 1. The van der Waals surface area contributed by atoms with E-state index in [2.05, 4.69) is 60.2 Å². The molecule has 4 rings (SSSR count). The SMILES string of the molecule is CCB(c1ccccc1)c1cccc(Cl)c1.Cc1[nH]cnc1C1CCCCC1. The normalized spacial score (nSPS) is 14.2. The summed E-state index contributed by atoms with van der Waals surface area (Å²) in [5.41, 5.74) is 5.23. The van der Waals surface area contributed by atoms with Gasteiger partial charge in [-0.2, -0.15) is 0 Å². The van der Waals surface area contributed by atoms with Crippen molar-refractivity contribution in [3.8, 4) is 0 Å². The molecule has 1 aliphatic rings. The van der Waals surface area contributed by atoms with Gasteiger partial charge in [0.05, 0.1) is 12.0 Å². The molecule has 1 fully saturated rings. The smallest absolute Gasteiger partial charge is 0.209 e. The molecule has 0 bridgehead atoms. The topological polar surface area (TPSA) is 28.7 Å². The van der Waals surface area contributed by atoms with E-state index in [0.717, 1.165) is 17.3 Å². The maximum atomic E-state index is 6.03. The first-order valence-corrected chi connectivity index (χ1v) is 10.9. The van der Waals surface area contributed by atoms with Crippen LogP contribution in [-0.4, -0.2) is 16.7 Å². The molecule has 1 saturated carbocycles. The number of aromatic amines is 1. The Hall–Kier alpha value is -2.00. The van der Waals surface area contributed by atoms with E-state index in [1.165, 1.54) is 54.4 Å². The highest BCUT2D eigenvalue weighted by molar-refractivity contribution is 6.85. The number of halogens is 1. The van der Waals surface area contributed by atoms with E-state index in [1.54, 1.807) is 0 Å². The van der Waals surface area contributed by atoms with E-state index in [1.807, 2.05) is 24.5 Å². The molecule has 0 atom stereocenters. The minimum Gasteiger partial charge on any atom is -0.348 e. The van der Waals surface area contributed by atoms with Crippen LogP contribution in [-0.2, 0) is 0 Å². The van der Waals surface area contributed by atoms with Crippen molar-refractivity contribution in [2.45, 2.75) is 58.2 Å². The highest BCUT2D eigenvalue weighted by Gasteiger charge is 2.18. The van der Waals surface area contributed by atoms with E-state index in [-0.39, 0.29) is 0 Å². The van der Waals surface area contributed by atoms with Gasteiger partial charge in [-0.25, -0.2) is 4.98 Å². The number of H-pyrrole nitrogens is 1. The average Bonchev–Trinajstić information content (AvgIpc) is 3.17. The van der Waals surface area contributed by atoms with Gasteiger partial charge in [-0.3, -0.25) is 0 Å². The number of rotatable bonds is 4. The van der Waals surface area contributed by atoms with Gasteiger partial charge in [0.25, 0.3) is 0 Å². The highest BCUT2D eigenvalue weighted by atomic mass is 35.5. The second-order valence-corrected chi connectivity index (χ2v) is 8.11. The Morgan fingerprint density at radius 2 is 1.71 bits per heavy atom. The van der Waals surface area contributed by atoms with Crippen molar-refractivity contribution < 1.29 is 0 Å². The third kappa shape index (κ3) is 5.51. The van der Waals surface area contributed by atoms with Crippen LogP contribution in [0.15, 0.2) is 60.9 Å². The van der Waals surface area contributed by atoms with Crippen LogP contribution >= 0.6 is 11.6 Å². The summed E-state index contributed by atoms with van der Waals surface area (Å²) in [6, 6.07) is 18.7. The lowest BCUT2D eigenvalue weighted by atomic mass is 9.39. The Kier molecular flexibility index (Phi) is 7.79. The van der Waals surface area contributed by atoms with E-state index in [4.69, 9.17) is 11.6 Å². The highest BCUT2D eigenvalue weighted by Crippen LogP contribution is 2.32. The summed E-state index contributed by atoms with van der Waals surface area (Å²) in [6.07, 6.45) is 9.77. The van der Waals surface area contributed by atoms with Crippen LogP contribution in [0.4, 0.5) is 0 Å². The molecule has 0 unspecified atom stereocenters.